The van der Waals surface area contributed by atoms with Crippen molar-refractivity contribution in [1.29, 1.82) is 0 Å². The van der Waals surface area contributed by atoms with Crippen LogP contribution >= 0.6 is 11.8 Å². The van der Waals surface area contributed by atoms with Crippen molar-refractivity contribution in [1.82, 2.24) is 36.0 Å². The van der Waals surface area contributed by atoms with Crippen molar-refractivity contribution in [3.63, 3.8) is 0 Å². The number of ether oxygens (including phenoxy) is 1. The first-order valence-corrected chi connectivity index (χ1v) is 15.2. The molecule has 4 amide bonds. The van der Waals surface area contributed by atoms with E-state index < -0.39 is 10.2 Å². The first-order valence-electron chi connectivity index (χ1n) is 12.1. The average Bonchev–Trinajstić information content (AvgIpc) is 2.90. The lowest BCUT2D eigenvalue weighted by Gasteiger charge is -1.94. The summed E-state index contributed by atoms with van der Waals surface area (Å²) in [4.78, 5) is 48.4. The fraction of sp³-hybridized carbons (Fsp3) is 0.792. The molecule has 0 aliphatic heterocycles. The minimum absolute atomic E-state index is 0.00463. The Hall–Kier alpha value is -2.47. The quantitative estimate of drug-likeness (QED) is 0.210. The average molecular weight is 642 g/mol. The van der Waals surface area contributed by atoms with Gasteiger partial charge in [0.25, 0.3) is 10.2 Å². The molecule has 254 valence electrons. The van der Waals surface area contributed by atoms with Crippen LogP contribution in [0, 0.1) is 0 Å². The Kier molecular flexibility index (Phi) is 93.4. The summed E-state index contributed by atoms with van der Waals surface area (Å²) < 4.78 is 28.5. The predicted molar refractivity (Wildman–Crippen MR) is 174 cm³/mol. The summed E-state index contributed by atoms with van der Waals surface area (Å²) in [5.74, 6) is -0.0694. The maximum absolute atomic E-state index is 10.1. The molecule has 0 radical (unpaired) electrons. The molecule has 0 atom stereocenters. The molecule has 0 spiro atoms. The van der Waals surface area contributed by atoms with Gasteiger partial charge in [0.1, 0.15) is 5.78 Å². The van der Waals surface area contributed by atoms with Crippen molar-refractivity contribution in [2.75, 3.05) is 76.0 Å². The van der Waals surface area contributed by atoms with Gasteiger partial charge in [0.15, 0.2) is 0 Å². The molecule has 0 bridgehead atoms. The van der Waals surface area contributed by atoms with E-state index in [9.17, 15) is 32.4 Å². The van der Waals surface area contributed by atoms with Crippen LogP contribution in [-0.4, -0.2) is 114 Å². The smallest absolute Gasteiger partial charge is 0.314 e. The molecule has 0 rings (SSSR count). The summed E-state index contributed by atoms with van der Waals surface area (Å²) in [6.07, 6.45) is 5.33. The minimum Gasteiger partial charge on any atom is -0.469 e. The largest absolute Gasteiger partial charge is 0.469 e. The predicted octanol–water partition coefficient (Wildman–Crippen LogP) is 0.726. The highest BCUT2D eigenvalue weighted by molar-refractivity contribution is 7.97. The molecule has 0 aromatic rings. The standard InChI is InChI=1S/C3H8N2O.2C3H7NO.C3H6O2.C3H6O.C3H8.C2H8N2O2S.C2H7N.C2H6S/c1-4-3(6)5-2;2*1-3(5)4-2;1-3(4)5-2;1-3(2)4;1-3-2;1-3-7(5,6)4-2;2*1-3-2/h1-2H3,(H2,4,5,6);2*1-2H3,(H,4,5);1-2H3;1-2H3;3H2,1-2H3;3-4H,1-2H3;3H,1-2H3;1-2H3. The Morgan fingerprint density at radius 2 is 0.780 bits per heavy atom. The second-order valence-corrected chi connectivity index (χ2v) is 9.21. The third-order valence-corrected chi connectivity index (χ3v) is 3.06. The first kappa shape index (κ1) is 62.2. The molecule has 0 aliphatic carbocycles. The molecule has 7 N–H and O–H groups in total. The Balaban J connectivity index is -0.0000000408. The highest BCUT2D eigenvalue weighted by Crippen LogP contribution is 1.70. The molecule has 0 heterocycles. The number of urea groups is 1. The fourth-order valence-electron chi connectivity index (χ4n) is 0.227. The third kappa shape index (κ3) is 259. The molecule has 0 fully saturated rings. The van der Waals surface area contributed by atoms with E-state index in [0.717, 1.165) is 0 Å². The van der Waals surface area contributed by atoms with Crippen LogP contribution in [0.3, 0.4) is 0 Å². The molecular weight excluding hydrogens is 578 g/mol. The number of hydrogen-bond acceptors (Lipinski definition) is 10. The van der Waals surface area contributed by atoms with E-state index in [4.69, 9.17) is 0 Å². The minimum atomic E-state index is -3.16. The number of Topliss-reactive ketones (excluding diaryl/α,β-unsaturated/α-hetero) is 1. The zero-order valence-electron chi connectivity index (χ0n) is 28.8. The topological polar surface area (TPSA) is 213 Å². The number of carbonyl (C=O) groups excluding carboxylic acids is 5. The molecule has 41 heavy (non-hydrogen) atoms. The van der Waals surface area contributed by atoms with Gasteiger partial charge in [-0.2, -0.15) is 20.2 Å². The van der Waals surface area contributed by atoms with Crippen molar-refractivity contribution >= 4 is 51.6 Å². The Morgan fingerprint density at radius 3 is 0.780 bits per heavy atom. The van der Waals surface area contributed by atoms with Gasteiger partial charge in [-0.25, -0.2) is 14.2 Å². The van der Waals surface area contributed by atoms with E-state index in [-0.39, 0.29) is 29.6 Å². The summed E-state index contributed by atoms with van der Waals surface area (Å²) in [6, 6.07) is -0.157. The van der Waals surface area contributed by atoms with Crippen LogP contribution in [-0.2, 0) is 34.1 Å². The lowest BCUT2D eigenvalue weighted by Crippen LogP contribution is -2.30. The number of nitrogens with one attached hydrogen (secondary N) is 7. The second kappa shape index (κ2) is 61.5. The zero-order valence-corrected chi connectivity index (χ0v) is 30.4. The molecule has 17 heteroatoms. The molecule has 0 saturated heterocycles. The van der Waals surface area contributed by atoms with E-state index >= 15 is 0 Å². The van der Waals surface area contributed by atoms with Crippen LogP contribution in [0.25, 0.3) is 0 Å². The van der Waals surface area contributed by atoms with Gasteiger partial charge in [0, 0.05) is 63.1 Å². The number of carbonyl (C=O) groups is 5. The van der Waals surface area contributed by atoms with Gasteiger partial charge >= 0.3 is 12.0 Å². The Labute approximate surface area is 255 Å². The first-order chi connectivity index (χ1) is 18.7. The van der Waals surface area contributed by atoms with Crippen LogP contribution in [0.15, 0.2) is 0 Å². The van der Waals surface area contributed by atoms with Crippen LogP contribution in [0.5, 0.6) is 0 Å². The molecule has 0 aliphatic rings. The van der Waals surface area contributed by atoms with Gasteiger partial charge in [-0.05, 0) is 40.5 Å². The monoisotopic (exact) mass is 641 g/mol. The zero-order chi connectivity index (χ0) is 35.5. The molecule has 0 aromatic heterocycles. The number of amides is 4. The number of methoxy groups -OCH3 is 1. The van der Waals surface area contributed by atoms with E-state index in [1.54, 1.807) is 40.0 Å². The third-order valence-electron chi connectivity index (χ3n) is 1.98. The maximum atomic E-state index is 10.1. The van der Waals surface area contributed by atoms with Gasteiger partial charge in [0.05, 0.1) is 7.11 Å². The second-order valence-electron chi connectivity index (χ2n) is 6.57. The lowest BCUT2D eigenvalue weighted by atomic mass is 10.6. The van der Waals surface area contributed by atoms with Crippen molar-refractivity contribution < 1.29 is 37.1 Å². The lowest BCUT2D eigenvalue weighted by molar-refractivity contribution is -0.138. The van der Waals surface area contributed by atoms with Gasteiger partial charge < -0.3 is 36.1 Å². The number of ketones is 1. The Bertz CT molecular complexity index is 596. The highest BCUT2D eigenvalue weighted by atomic mass is 32.2. The van der Waals surface area contributed by atoms with Crippen molar-refractivity contribution in [3.8, 4) is 0 Å². The van der Waals surface area contributed by atoms with Gasteiger partial charge in [0.2, 0.25) is 11.8 Å². The summed E-state index contributed by atoms with van der Waals surface area (Å²) in [7, 11) is 11.0. The van der Waals surface area contributed by atoms with Gasteiger partial charge in [-0.15, -0.1) is 0 Å². The number of thioether (sulfide) groups is 1. The highest BCUT2D eigenvalue weighted by Gasteiger charge is 1.96. The molecule has 0 aromatic carbocycles. The van der Waals surface area contributed by atoms with Crippen LogP contribution < -0.4 is 36.0 Å². The molecule has 0 unspecified atom stereocenters. The molecular formula is C24H63N7O8S2. The van der Waals surface area contributed by atoms with E-state index in [1.165, 1.54) is 62.2 Å². The Morgan fingerprint density at radius 1 is 0.634 bits per heavy atom. The van der Waals surface area contributed by atoms with Gasteiger partial charge in [-0.1, -0.05) is 20.3 Å². The maximum Gasteiger partial charge on any atom is 0.314 e. The van der Waals surface area contributed by atoms with Crippen molar-refractivity contribution in [2.24, 2.45) is 0 Å². The van der Waals surface area contributed by atoms with Crippen LogP contribution in [0.1, 0.15) is 54.9 Å². The molecule has 0 saturated carbocycles. The van der Waals surface area contributed by atoms with Crippen molar-refractivity contribution in [3.05, 3.63) is 0 Å². The summed E-state index contributed by atoms with van der Waals surface area (Å²) in [5, 5.41) is 12.3. The summed E-state index contributed by atoms with van der Waals surface area (Å²) >= 11 is 1.75. The molecule has 15 nitrogen and oxygen atoms in total. The number of hydrogen-bond donors (Lipinski definition) is 7. The van der Waals surface area contributed by atoms with Crippen molar-refractivity contribution in [2.45, 2.75) is 54.9 Å². The van der Waals surface area contributed by atoms with E-state index in [1.807, 2.05) is 26.6 Å². The summed E-state index contributed by atoms with van der Waals surface area (Å²) in [5.41, 5.74) is 0. The number of esters is 1. The van der Waals surface area contributed by atoms with E-state index in [0.29, 0.717) is 0 Å². The summed E-state index contributed by atoms with van der Waals surface area (Å²) in [6.45, 7) is 11.6. The normalized spacial score (nSPS) is 7.46. The van der Waals surface area contributed by atoms with Crippen LogP contribution in [0.2, 0.25) is 0 Å². The SMILES string of the molecule is CC(C)=O.CCC.CNC.CNC(=O)NC.CNC(C)=O.CNC(C)=O.CNS(=O)(=O)NC.COC(C)=O.CSC. The fourth-order valence-corrected chi connectivity index (χ4v) is 0.431. The van der Waals surface area contributed by atoms with Gasteiger partial charge in [-0.3, -0.25) is 14.4 Å². The van der Waals surface area contributed by atoms with Crippen LogP contribution in [0.4, 0.5) is 4.79 Å². The number of rotatable bonds is 2. The van der Waals surface area contributed by atoms with E-state index in [2.05, 4.69) is 54.6 Å².